The standard InChI is InChI=1S/C12H16N2O3/c13-12(16)10(15)6-14-5-8-7-17-11-4-2-1-3-9(8)11/h1-4,8,10,14-15H,5-7H2,(H2,13,16). The molecule has 0 aromatic heterocycles. The molecule has 4 N–H and O–H groups in total. The molecule has 0 saturated heterocycles. The molecule has 1 aromatic carbocycles. The van der Waals surface area contributed by atoms with Gasteiger partial charge < -0.3 is 20.9 Å². The summed E-state index contributed by atoms with van der Waals surface area (Å²) in [7, 11) is 0. The van der Waals surface area contributed by atoms with E-state index < -0.39 is 12.0 Å². The number of primary amides is 1. The van der Waals surface area contributed by atoms with E-state index in [-0.39, 0.29) is 12.5 Å². The Morgan fingerprint density at radius 1 is 1.59 bits per heavy atom. The van der Waals surface area contributed by atoms with Crippen LogP contribution >= 0.6 is 0 Å². The van der Waals surface area contributed by atoms with Crippen molar-refractivity contribution in [3.05, 3.63) is 29.8 Å². The highest BCUT2D eigenvalue weighted by Gasteiger charge is 2.23. The van der Waals surface area contributed by atoms with E-state index >= 15 is 0 Å². The number of para-hydroxylation sites is 1. The summed E-state index contributed by atoms with van der Waals surface area (Å²) in [5.74, 6) is 0.460. The molecule has 0 fully saturated rings. The van der Waals surface area contributed by atoms with Gasteiger partial charge in [0.15, 0.2) is 0 Å². The van der Waals surface area contributed by atoms with Gasteiger partial charge in [-0.2, -0.15) is 0 Å². The third-order valence-corrected chi connectivity index (χ3v) is 2.86. The van der Waals surface area contributed by atoms with Gasteiger partial charge >= 0.3 is 0 Å². The van der Waals surface area contributed by atoms with Gasteiger partial charge in [-0.1, -0.05) is 18.2 Å². The molecule has 0 saturated carbocycles. The second kappa shape index (κ2) is 5.16. The number of rotatable bonds is 5. The third-order valence-electron chi connectivity index (χ3n) is 2.86. The van der Waals surface area contributed by atoms with Crippen LogP contribution in [0.15, 0.2) is 24.3 Å². The van der Waals surface area contributed by atoms with Crippen molar-refractivity contribution in [3.63, 3.8) is 0 Å². The molecule has 0 bridgehead atoms. The summed E-state index contributed by atoms with van der Waals surface area (Å²) < 4.78 is 5.52. The van der Waals surface area contributed by atoms with Crippen LogP contribution in [0.3, 0.4) is 0 Å². The number of hydrogen-bond donors (Lipinski definition) is 3. The molecule has 5 heteroatoms. The smallest absolute Gasteiger partial charge is 0.247 e. The first-order valence-corrected chi connectivity index (χ1v) is 5.58. The summed E-state index contributed by atoms with van der Waals surface area (Å²) in [6, 6.07) is 7.87. The molecular weight excluding hydrogens is 220 g/mol. The lowest BCUT2D eigenvalue weighted by Gasteiger charge is -2.12. The van der Waals surface area contributed by atoms with Crippen LogP contribution in [-0.2, 0) is 4.79 Å². The number of carbonyl (C=O) groups is 1. The van der Waals surface area contributed by atoms with E-state index in [1.807, 2.05) is 24.3 Å². The number of carbonyl (C=O) groups excluding carboxylic acids is 1. The fourth-order valence-electron chi connectivity index (χ4n) is 1.89. The van der Waals surface area contributed by atoms with Crippen molar-refractivity contribution in [2.24, 2.45) is 5.73 Å². The molecular formula is C12H16N2O3. The number of nitrogens with one attached hydrogen (secondary N) is 1. The van der Waals surface area contributed by atoms with Gasteiger partial charge in [0.25, 0.3) is 0 Å². The molecule has 1 aliphatic rings. The monoisotopic (exact) mass is 236 g/mol. The van der Waals surface area contributed by atoms with Crippen LogP contribution in [0, 0.1) is 0 Å². The Morgan fingerprint density at radius 3 is 3.12 bits per heavy atom. The number of nitrogens with two attached hydrogens (primary N) is 1. The van der Waals surface area contributed by atoms with E-state index in [4.69, 9.17) is 10.5 Å². The first-order chi connectivity index (χ1) is 8.18. The van der Waals surface area contributed by atoms with Gasteiger partial charge in [0.1, 0.15) is 11.9 Å². The average Bonchev–Trinajstić information content (AvgIpc) is 2.72. The highest BCUT2D eigenvalue weighted by molar-refractivity contribution is 5.78. The van der Waals surface area contributed by atoms with Crippen LogP contribution in [0.4, 0.5) is 0 Å². The largest absolute Gasteiger partial charge is 0.493 e. The highest BCUT2D eigenvalue weighted by atomic mass is 16.5. The number of aliphatic hydroxyl groups is 1. The molecule has 1 aromatic rings. The quantitative estimate of drug-likeness (QED) is 0.649. The summed E-state index contributed by atoms with van der Waals surface area (Å²) in [5, 5.41) is 12.2. The lowest BCUT2D eigenvalue weighted by molar-refractivity contribution is -0.125. The maximum absolute atomic E-state index is 10.6. The Hall–Kier alpha value is -1.59. The second-order valence-electron chi connectivity index (χ2n) is 4.12. The number of hydrogen-bond acceptors (Lipinski definition) is 4. The molecule has 2 rings (SSSR count). The zero-order valence-electron chi connectivity index (χ0n) is 9.43. The average molecular weight is 236 g/mol. The lowest BCUT2D eigenvalue weighted by atomic mass is 10.0. The normalized spacial score (nSPS) is 19.5. The molecule has 5 nitrogen and oxygen atoms in total. The molecule has 17 heavy (non-hydrogen) atoms. The topological polar surface area (TPSA) is 84.6 Å². The van der Waals surface area contributed by atoms with Crippen molar-refractivity contribution < 1.29 is 14.6 Å². The van der Waals surface area contributed by atoms with Crippen molar-refractivity contribution in [3.8, 4) is 5.75 Å². The van der Waals surface area contributed by atoms with Crippen LogP contribution in [0.2, 0.25) is 0 Å². The molecule has 92 valence electrons. The minimum absolute atomic E-state index is 0.175. The summed E-state index contributed by atoms with van der Waals surface area (Å²) in [5.41, 5.74) is 6.11. The summed E-state index contributed by atoms with van der Waals surface area (Å²) in [6.45, 7) is 1.45. The van der Waals surface area contributed by atoms with Crippen molar-refractivity contribution in [1.29, 1.82) is 0 Å². The van der Waals surface area contributed by atoms with Crippen LogP contribution < -0.4 is 15.8 Å². The van der Waals surface area contributed by atoms with E-state index in [1.54, 1.807) is 0 Å². The predicted octanol–water partition coefficient (Wildman–Crippen LogP) is -0.402. The summed E-state index contributed by atoms with van der Waals surface area (Å²) in [6.07, 6.45) is -1.13. The molecule has 2 unspecified atom stereocenters. The van der Waals surface area contributed by atoms with Crippen LogP contribution in [0.1, 0.15) is 11.5 Å². The highest BCUT2D eigenvalue weighted by Crippen LogP contribution is 2.32. The molecule has 0 aliphatic carbocycles. The lowest BCUT2D eigenvalue weighted by Crippen LogP contribution is -2.39. The molecule has 1 aliphatic heterocycles. The summed E-state index contributed by atoms with van der Waals surface area (Å²) in [4.78, 5) is 10.6. The zero-order valence-corrected chi connectivity index (χ0v) is 9.43. The summed E-state index contributed by atoms with van der Waals surface area (Å²) >= 11 is 0. The fraction of sp³-hybridized carbons (Fsp3) is 0.417. The molecule has 0 spiro atoms. The van der Waals surface area contributed by atoms with Gasteiger partial charge in [-0.25, -0.2) is 0 Å². The maximum atomic E-state index is 10.6. The van der Waals surface area contributed by atoms with Gasteiger partial charge in [-0.3, -0.25) is 4.79 Å². The zero-order chi connectivity index (χ0) is 12.3. The number of aliphatic hydroxyl groups excluding tert-OH is 1. The Kier molecular flexibility index (Phi) is 3.61. The van der Waals surface area contributed by atoms with E-state index in [0.29, 0.717) is 13.2 Å². The Labute approximate surface area is 99.6 Å². The molecule has 1 amide bonds. The van der Waals surface area contributed by atoms with E-state index in [0.717, 1.165) is 11.3 Å². The van der Waals surface area contributed by atoms with Crippen molar-refractivity contribution >= 4 is 5.91 Å². The molecule has 1 heterocycles. The van der Waals surface area contributed by atoms with Crippen molar-refractivity contribution in [2.75, 3.05) is 19.7 Å². The van der Waals surface area contributed by atoms with Crippen LogP contribution in [-0.4, -0.2) is 36.8 Å². The third kappa shape index (κ3) is 2.75. The van der Waals surface area contributed by atoms with E-state index in [9.17, 15) is 9.90 Å². The second-order valence-corrected chi connectivity index (χ2v) is 4.12. The molecule has 0 radical (unpaired) electrons. The first-order valence-electron chi connectivity index (χ1n) is 5.58. The minimum atomic E-state index is -1.13. The fourth-order valence-corrected chi connectivity index (χ4v) is 1.89. The Balaban J connectivity index is 1.84. The molecule has 2 atom stereocenters. The first kappa shape index (κ1) is 11.9. The van der Waals surface area contributed by atoms with Gasteiger partial charge in [0, 0.05) is 24.6 Å². The minimum Gasteiger partial charge on any atom is -0.493 e. The SMILES string of the molecule is NC(=O)C(O)CNCC1COc2ccccc21. The maximum Gasteiger partial charge on any atom is 0.247 e. The van der Waals surface area contributed by atoms with Crippen molar-refractivity contribution in [2.45, 2.75) is 12.0 Å². The van der Waals surface area contributed by atoms with Crippen LogP contribution in [0.5, 0.6) is 5.75 Å². The van der Waals surface area contributed by atoms with Crippen LogP contribution in [0.25, 0.3) is 0 Å². The van der Waals surface area contributed by atoms with Crippen molar-refractivity contribution in [1.82, 2.24) is 5.32 Å². The van der Waals surface area contributed by atoms with E-state index in [1.165, 1.54) is 0 Å². The number of amides is 1. The van der Waals surface area contributed by atoms with Gasteiger partial charge in [0.05, 0.1) is 6.61 Å². The van der Waals surface area contributed by atoms with Gasteiger partial charge in [0.2, 0.25) is 5.91 Å². The number of fused-ring (bicyclic) bond motifs is 1. The Morgan fingerprint density at radius 2 is 2.35 bits per heavy atom. The predicted molar refractivity (Wildman–Crippen MR) is 62.7 cm³/mol. The Bertz CT molecular complexity index is 408. The number of ether oxygens (including phenoxy) is 1. The number of benzene rings is 1. The van der Waals surface area contributed by atoms with Gasteiger partial charge in [-0.05, 0) is 6.07 Å². The van der Waals surface area contributed by atoms with Gasteiger partial charge in [-0.15, -0.1) is 0 Å². The van der Waals surface area contributed by atoms with E-state index in [2.05, 4.69) is 5.32 Å².